The fourth-order valence-electron chi connectivity index (χ4n) is 3.91. The summed E-state index contributed by atoms with van der Waals surface area (Å²) >= 11 is 0. The van der Waals surface area contributed by atoms with Crippen LogP contribution in [0, 0.1) is 0 Å². The Morgan fingerprint density at radius 3 is 2.72 bits per heavy atom. The number of hydrogen-bond acceptors (Lipinski definition) is 8. The van der Waals surface area contributed by atoms with E-state index >= 15 is 0 Å². The lowest BCUT2D eigenvalue weighted by Gasteiger charge is -2.11. The van der Waals surface area contributed by atoms with Gasteiger partial charge in [-0.3, -0.25) is 9.97 Å². The number of pyridine rings is 2. The van der Waals surface area contributed by atoms with E-state index in [1.165, 1.54) is 0 Å². The Morgan fingerprint density at radius 1 is 0.938 bits per heavy atom. The van der Waals surface area contributed by atoms with Gasteiger partial charge in [0, 0.05) is 29.9 Å². The first-order chi connectivity index (χ1) is 15.7. The molecular formula is C23H19N7O2. The lowest BCUT2D eigenvalue weighted by molar-refractivity contribution is 0.216. The number of benzene rings is 1. The molecule has 32 heavy (non-hydrogen) atoms. The summed E-state index contributed by atoms with van der Waals surface area (Å²) in [5.41, 5.74) is 10.4. The largest absolute Gasteiger partial charge is 0.488 e. The van der Waals surface area contributed by atoms with Gasteiger partial charge in [-0.15, -0.1) is 0 Å². The summed E-state index contributed by atoms with van der Waals surface area (Å²) in [7, 11) is 0. The molecule has 6 rings (SSSR count). The SMILES string of the molecule is Nc1nc2c3c(c[nH]c3n1)-c1ccc3ncc(cc3c1)OCCOc1cncc(c1)CN2. The predicted octanol–water partition coefficient (Wildman–Crippen LogP) is 3.53. The van der Waals surface area contributed by atoms with E-state index in [9.17, 15) is 0 Å². The van der Waals surface area contributed by atoms with Crippen molar-refractivity contribution < 1.29 is 9.47 Å². The van der Waals surface area contributed by atoms with Crippen LogP contribution in [0.5, 0.6) is 11.5 Å². The molecule has 0 fully saturated rings. The van der Waals surface area contributed by atoms with Crippen LogP contribution in [0.3, 0.4) is 0 Å². The van der Waals surface area contributed by atoms with Crippen molar-refractivity contribution >= 4 is 33.7 Å². The van der Waals surface area contributed by atoms with E-state index in [0.717, 1.165) is 33.0 Å². The van der Waals surface area contributed by atoms with E-state index in [4.69, 9.17) is 15.2 Å². The van der Waals surface area contributed by atoms with Gasteiger partial charge in [-0.25, -0.2) is 0 Å². The lowest BCUT2D eigenvalue weighted by atomic mass is 10.0. The second-order valence-corrected chi connectivity index (χ2v) is 7.51. The molecule has 0 radical (unpaired) electrons. The fourth-order valence-corrected chi connectivity index (χ4v) is 3.91. The predicted molar refractivity (Wildman–Crippen MR) is 122 cm³/mol. The minimum Gasteiger partial charge on any atom is -0.488 e. The maximum Gasteiger partial charge on any atom is 0.223 e. The molecule has 5 aromatic rings. The van der Waals surface area contributed by atoms with Crippen molar-refractivity contribution in [1.29, 1.82) is 0 Å². The highest BCUT2D eigenvalue weighted by Gasteiger charge is 2.15. The van der Waals surface area contributed by atoms with Crippen molar-refractivity contribution in [2.75, 3.05) is 24.3 Å². The van der Waals surface area contributed by atoms with Crippen molar-refractivity contribution in [3.05, 3.63) is 60.7 Å². The first kappa shape index (κ1) is 18.4. The Labute approximate surface area is 182 Å². The van der Waals surface area contributed by atoms with Crippen molar-refractivity contribution in [2.24, 2.45) is 0 Å². The average molecular weight is 425 g/mol. The maximum absolute atomic E-state index is 5.97. The number of aromatic nitrogens is 5. The third-order valence-corrected chi connectivity index (χ3v) is 5.37. The molecule has 0 amide bonds. The van der Waals surface area contributed by atoms with Crippen LogP contribution in [0.4, 0.5) is 11.8 Å². The van der Waals surface area contributed by atoms with Crippen LogP contribution in [-0.4, -0.2) is 38.1 Å². The van der Waals surface area contributed by atoms with Gasteiger partial charge in [-0.1, -0.05) is 6.07 Å². The smallest absolute Gasteiger partial charge is 0.223 e. The van der Waals surface area contributed by atoms with E-state index in [-0.39, 0.29) is 5.95 Å². The molecule has 1 aliphatic heterocycles. The van der Waals surface area contributed by atoms with E-state index in [1.807, 2.05) is 30.5 Å². The number of nitrogens with one attached hydrogen (secondary N) is 2. The second-order valence-electron chi connectivity index (χ2n) is 7.51. The molecule has 0 atom stereocenters. The number of hydrogen-bond donors (Lipinski definition) is 3. The summed E-state index contributed by atoms with van der Waals surface area (Å²) in [5, 5.41) is 5.23. The van der Waals surface area contributed by atoms with Gasteiger partial charge in [0.2, 0.25) is 5.95 Å². The Morgan fingerprint density at radius 2 is 1.81 bits per heavy atom. The number of fused-ring (bicyclic) bond motifs is 5. The summed E-state index contributed by atoms with van der Waals surface area (Å²) in [6.45, 7) is 1.29. The summed E-state index contributed by atoms with van der Waals surface area (Å²) in [4.78, 5) is 20.9. The zero-order valence-electron chi connectivity index (χ0n) is 17.0. The van der Waals surface area contributed by atoms with Gasteiger partial charge in [-0.05, 0) is 35.4 Å². The number of rotatable bonds is 0. The van der Waals surface area contributed by atoms with Crippen LogP contribution in [0.1, 0.15) is 5.56 Å². The first-order valence-electron chi connectivity index (χ1n) is 10.2. The van der Waals surface area contributed by atoms with E-state index in [2.05, 4.69) is 36.3 Å². The lowest BCUT2D eigenvalue weighted by Crippen LogP contribution is -2.10. The Bertz CT molecular complexity index is 1460. The van der Waals surface area contributed by atoms with Gasteiger partial charge < -0.3 is 25.5 Å². The molecule has 0 unspecified atom stereocenters. The topological polar surface area (TPSA) is 124 Å². The molecule has 5 heterocycles. The standard InChI is InChI=1S/C23H19N7O2/c24-23-29-21-20-18(12-28-22(20)30-23)14-1-2-19-15(6-14)7-17(11-26-19)32-4-3-31-16-5-13(9-27-21)8-25-10-16/h1-2,5-8,10-12H,3-4,9H2,(H4,24,27,28,29,30). The Hall–Kier alpha value is -4.40. The van der Waals surface area contributed by atoms with E-state index in [0.29, 0.717) is 42.7 Å². The Kier molecular flexibility index (Phi) is 4.24. The number of H-pyrrole nitrogens is 1. The van der Waals surface area contributed by atoms with Crippen LogP contribution in [0.2, 0.25) is 0 Å². The molecule has 0 aliphatic carbocycles. The van der Waals surface area contributed by atoms with Crippen LogP contribution < -0.4 is 20.5 Å². The normalized spacial score (nSPS) is 13.5. The first-order valence-corrected chi connectivity index (χ1v) is 10.2. The van der Waals surface area contributed by atoms with Gasteiger partial charge in [-0.2, -0.15) is 9.97 Å². The van der Waals surface area contributed by atoms with Crippen LogP contribution >= 0.6 is 0 Å². The highest BCUT2D eigenvalue weighted by molar-refractivity contribution is 6.02. The van der Waals surface area contributed by atoms with Crippen LogP contribution in [0.15, 0.2) is 55.1 Å². The van der Waals surface area contributed by atoms with Crippen molar-refractivity contribution in [2.45, 2.75) is 6.54 Å². The summed E-state index contributed by atoms with van der Waals surface area (Å²) in [6.07, 6.45) is 7.11. The highest BCUT2D eigenvalue weighted by atomic mass is 16.5. The van der Waals surface area contributed by atoms with Gasteiger partial charge in [0.25, 0.3) is 0 Å². The molecular weight excluding hydrogens is 406 g/mol. The number of aromatic amines is 1. The third kappa shape index (κ3) is 3.29. The molecule has 158 valence electrons. The molecule has 4 aromatic heterocycles. The minimum atomic E-state index is 0.194. The highest BCUT2D eigenvalue weighted by Crippen LogP contribution is 2.34. The number of nitrogens with two attached hydrogens (primary N) is 1. The third-order valence-electron chi connectivity index (χ3n) is 5.37. The minimum absolute atomic E-state index is 0.194. The molecule has 0 spiro atoms. The molecule has 9 nitrogen and oxygen atoms in total. The molecule has 5 bridgehead atoms. The summed E-state index contributed by atoms with van der Waals surface area (Å²) in [6, 6.07) is 10.0. The van der Waals surface area contributed by atoms with Gasteiger partial charge in [0.15, 0.2) is 0 Å². The van der Waals surface area contributed by atoms with Crippen molar-refractivity contribution in [1.82, 2.24) is 24.9 Å². The number of nitrogens with zero attached hydrogens (tertiary/aromatic N) is 4. The zero-order valence-corrected chi connectivity index (χ0v) is 17.0. The van der Waals surface area contributed by atoms with Gasteiger partial charge >= 0.3 is 0 Å². The number of ether oxygens (including phenoxy) is 2. The van der Waals surface area contributed by atoms with Crippen molar-refractivity contribution in [3.63, 3.8) is 0 Å². The molecule has 0 saturated heterocycles. The number of nitrogen functional groups attached to an aromatic ring is 1. The van der Waals surface area contributed by atoms with Gasteiger partial charge in [0.05, 0.1) is 23.3 Å². The van der Waals surface area contributed by atoms with Gasteiger partial charge in [0.1, 0.15) is 36.2 Å². The monoisotopic (exact) mass is 425 g/mol. The fraction of sp³-hybridized carbons (Fsp3) is 0.130. The van der Waals surface area contributed by atoms with Crippen LogP contribution in [0.25, 0.3) is 33.1 Å². The number of anilines is 2. The molecule has 0 saturated carbocycles. The molecule has 1 aliphatic rings. The summed E-state index contributed by atoms with van der Waals surface area (Å²) < 4.78 is 11.7. The second kappa shape index (κ2) is 7.38. The molecule has 9 heteroatoms. The summed E-state index contributed by atoms with van der Waals surface area (Å²) in [5.74, 6) is 2.20. The van der Waals surface area contributed by atoms with Crippen molar-refractivity contribution in [3.8, 4) is 22.6 Å². The van der Waals surface area contributed by atoms with E-state index in [1.54, 1.807) is 18.6 Å². The van der Waals surface area contributed by atoms with Crippen LogP contribution in [-0.2, 0) is 6.54 Å². The zero-order chi connectivity index (χ0) is 21.5. The van der Waals surface area contributed by atoms with E-state index < -0.39 is 0 Å². The maximum atomic E-state index is 5.97. The molecule has 1 aromatic carbocycles. The average Bonchev–Trinajstić information content (AvgIpc) is 3.23. The quantitative estimate of drug-likeness (QED) is 0.344. The molecule has 4 N–H and O–H groups in total. The Balaban J connectivity index is 1.53.